The summed E-state index contributed by atoms with van der Waals surface area (Å²) in [5.74, 6) is -0.0779. The molecule has 0 unspecified atom stereocenters. The Morgan fingerprint density at radius 3 is 2.52 bits per heavy atom. The molecule has 1 aromatic heterocycles. The number of aryl methyl sites for hydroxylation is 1. The van der Waals surface area contributed by atoms with Crippen LogP contribution in [0.5, 0.6) is 0 Å². The second-order valence-corrected chi connectivity index (χ2v) is 7.76. The van der Waals surface area contributed by atoms with E-state index in [0.717, 1.165) is 16.7 Å². The first-order valence-electron chi connectivity index (χ1n) is 8.23. The number of rotatable bonds is 10. The number of aromatic nitrogens is 2. The van der Waals surface area contributed by atoms with E-state index < -0.39 is 10.0 Å². The van der Waals surface area contributed by atoms with Crippen LogP contribution in [0.3, 0.4) is 0 Å². The Morgan fingerprint density at radius 1 is 1.19 bits per heavy atom. The first-order valence-corrected chi connectivity index (χ1v) is 9.95. The molecule has 0 aliphatic heterocycles. The Morgan fingerprint density at radius 2 is 1.89 bits per heavy atom. The molecule has 0 aliphatic rings. The zero-order valence-corrected chi connectivity index (χ0v) is 15.5. The van der Waals surface area contributed by atoms with Gasteiger partial charge >= 0.3 is 0 Å². The maximum Gasteiger partial charge on any atom is 0.222 e. The fraction of sp³-hybridized carbons (Fsp3) is 0.294. The minimum atomic E-state index is -3.53. The molecule has 144 valence electrons. The molecule has 10 heteroatoms. The zero-order valence-electron chi connectivity index (χ0n) is 14.7. The number of benzene rings is 1. The quantitative estimate of drug-likeness (QED) is 0.342. The van der Waals surface area contributed by atoms with Gasteiger partial charge in [-0.15, -0.1) is 0 Å². The third kappa shape index (κ3) is 7.50. The Bertz CT molecular complexity index is 913. The molecule has 0 aliphatic carbocycles. The highest BCUT2D eigenvalue weighted by molar-refractivity contribution is 7.89. The number of hydrogen-bond acceptors (Lipinski definition) is 7. The number of nitrogens with two attached hydrogens (primary N) is 2. The number of Topliss-reactive ketones (excluding diaryl/α,β-unsaturated/α-hetero) is 1. The molecule has 0 atom stereocenters. The summed E-state index contributed by atoms with van der Waals surface area (Å²) in [5, 5.41) is 14.9. The lowest BCUT2D eigenvalue weighted by Crippen LogP contribution is -2.22. The van der Waals surface area contributed by atoms with E-state index in [-0.39, 0.29) is 30.3 Å². The lowest BCUT2D eigenvalue weighted by Gasteiger charge is -2.07. The zero-order chi connectivity index (χ0) is 19.9. The molecule has 0 fully saturated rings. The van der Waals surface area contributed by atoms with Crippen molar-refractivity contribution in [1.29, 1.82) is 5.41 Å². The monoisotopic (exact) mass is 390 g/mol. The van der Waals surface area contributed by atoms with Gasteiger partial charge in [-0.2, -0.15) is 0 Å². The van der Waals surface area contributed by atoms with Crippen molar-refractivity contribution in [2.24, 2.45) is 10.9 Å². The highest BCUT2D eigenvalue weighted by Crippen LogP contribution is 2.20. The molecular weight excluding hydrogens is 368 g/mol. The summed E-state index contributed by atoms with van der Waals surface area (Å²) in [7, 11) is -3.53. The smallest absolute Gasteiger partial charge is 0.222 e. The predicted molar refractivity (Wildman–Crippen MR) is 104 cm³/mol. The van der Waals surface area contributed by atoms with Crippen LogP contribution in [0.4, 0.5) is 5.95 Å². The van der Waals surface area contributed by atoms with Gasteiger partial charge in [-0.3, -0.25) is 10.2 Å². The number of amidine groups is 1. The van der Waals surface area contributed by atoms with Crippen LogP contribution in [-0.4, -0.2) is 42.3 Å². The van der Waals surface area contributed by atoms with Crippen LogP contribution in [0.2, 0.25) is 0 Å². The Labute approximate surface area is 157 Å². The maximum absolute atomic E-state index is 11.7. The van der Waals surface area contributed by atoms with Gasteiger partial charge in [-0.25, -0.2) is 23.5 Å². The first-order chi connectivity index (χ1) is 12.7. The van der Waals surface area contributed by atoms with Crippen molar-refractivity contribution in [3.8, 4) is 11.1 Å². The van der Waals surface area contributed by atoms with Gasteiger partial charge in [0.25, 0.3) is 0 Å². The number of nitrogens with zero attached hydrogens (tertiary/aromatic N) is 2. The van der Waals surface area contributed by atoms with Gasteiger partial charge in [0.2, 0.25) is 16.0 Å². The van der Waals surface area contributed by atoms with Crippen LogP contribution in [0.1, 0.15) is 18.4 Å². The van der Waals surface area contributed by atoms with Gasteiger partial charge in [-0.05, 0) is 17.5 Å². The van der Waals surface area contributed by atoms with Crippen molar-refractivity contribution in [3.63, 3.8) is 0 Å². The molecule has 27 heavy (non-hydrogen) atoms. The number of carbonyl (C=O) groups is 1. The fourth-order valence-electron chi connectivity index (χ4n) is 2.36. The summed E-state index contributed by atoms with van der Waals surface area (Å²) < 4.78 is 21.8. The van der Waals surface area contributed by atoms with Crippen molar-refractivity contribution >= 4 is 27.6 Å². The van der Waals surface area contributed by atoms with Crippen molar-refractivity contribution in [1.82, 2.24) is 9.97 Å². The number of primary sulfonamides is 1. The molecule has 6 N–H and O–H groups in total. The average molecular weight is 390 g/mol. The third-order valence-corrected chi connectivity index (χ3v) is 4.44. The normalized spacial score (nSPS) is 11.1. The largest absolute Gasteiger partial charge is 0.387 e. The number of sulfonamides is 1. The average Bonchev–Trinajstić information content (AvgIpc) is 2.59. The van der Waals surface area contributed by atoms with E-state index in [1.54, 1.807) is 12.4 Å². The van der Waals surface area contributed by atoms with E-state index in [1.807, 2.05) is 24.3 Å². The van der Waals surface area contributed by atoms with Crippen molar-refractivity contribution in [2.45, 2.75) is 19.3 Å². The second kappa shape index (κ2) is 9.19. The third-order valence-electron chi connectivity index (χ3n) is 3.66. The summed E-state index contributed by atoms with van der Waals surface area (Å²) in [6.07, 6.45) is 4.13. The number of hydrogen-bond donors (Lipinski definition) is 4. The van der Waals surface area contributed by atoms with Crippen LogP contribution in [0.25, 0.3) is 11.1 Å². The van der Waals surface area contributed by atoms with E-state index >= 15 is 0 Å². The minimum Gasteiger partial charge on any atom is -0.387 e. The number of anilines is 1. The van der Waals surface area contributed by atoms with Crippen LogP contribution in [-0.2, 0) is 21.2 Å². The van der Waals surface area contributed by atoms with Gasteiger partial charge in [0.05, 0.1) is 18.0 Å². The number of carbonyl (C=O) groups excluding carboxylic acids is 1. The fourth-order valence-corrected chi connectivity index (χ4v) is 2.75. The van der Waals surface area contributed by atoms with E-state index in [0.29, 0.717) is 18.8 Å². The highest BCUT2D eigenvalue weighted by Gasteiger charge is 2.07. The molecule has 9 nitrogen and oxygen atoms in total. The molecule has 0 bridgehead atoms. The standard InChI is InChI=1S/C17H22N6O3S/c18-16(19)9-15(24)5-4-12-2-1-3-13(8-12)14-10-22-17(23-11-14)21-6-7-27(20,25)26/h1-3,8,10-11H,4-7,9H2,(H3,18,19)(H2,20,25,26)(H,21,22,23). The lowest BCUT2D eigenvalue weighted by atomic mass is 10.0. The van der Waals surface area contributed by atoms with Crippen molar-refractivity contribution in [2.75, 3.05) is 17.6 Å². The first kappa shape index (κ1) is 20.5. The summed E-state index contributed by atoms with van der Waals surface area (Å²) in [5.41, 5.74) is 7.92. The van der Waals surface area contributed by atoms with Crippen molar-refractivity contribution in [3.05, 3.63) is 42.2 Å². The van der Waals surface area contributed by atoms with Gasteiger partial charge in [0.15, 0.2) is 0 Å². The molecule has 0 amide bonds. The second-order valence-electron chi connectivity index (χ2n) is 6.03. The Balaban J connectivity index is 1.97. The summed E-state index contributed by atoms with van der Waals surface area (Å²) in [6, 6.07) is 7.68. The number of nitrogens with one attached hydrogen (secondary N) is 2. The summed E-state index contributed by atoms with van der Waals surface area (Å²) in [4.78, 5) is 20.0. The van der Waals surface area contributed by atoms with Crippen molar-refractivity contribution < 1.29 is 13.2 Å². The summed E-state index contributed by atoms with van der Waals surface area (Å²) in [6.45, 7) is 0.127. The van der Waals surface area contributed by atoms with Gasteiger partial charge in [0.1, 0.15) is 5.78 Å². The Kier molecular flexibility index (Phi) is 6.97. The molecular formula is C17H22N6O3S. The van der Waals surface area contributed by atoms with Crippen LogP contribution >= 0.6 is 0 Å². The van der Waals surface area contributed by atoms with Crippen LogP contribution in [0.15, 0.2) is 36.7 Å². The Hall–Kier alpha value is -2.85. The molecule has 2 rings (SSSR count). The van der Waals surface area contributed by atoms with E-state index in [1.165, 1.54) is 0 Å². The molecule has 1 heterocycles. The van der Waals surface area contributed by atoms with E-state index in [2.05, 4.69) is 15.3 Å². The van der Waals surface area contributed by atoms with Gasteiger partial charge in [-0.1, -0.05) is 24.3 Å². The van der Waals surface area contributed by atoms with E-state index in [4.69, 9.17) is 16.3 Å². The molecule has 0 saturated carbocycles. The minimum absolute atomic E-state index is 0.0204. The molecule has 0 spiro atoms. The maximum atomic E-state index is 11.7. The van der Waals surface area contributed by atoms with Crippen LogP contribution in [0, 0.1) is 5.41 Å². The van der Waals surface area contributed by atoms with Crippen LogP contribution < -0.4 is 16.2 Å². The molecule has 0 saturated heterocycles. The number of ketones is 1. The lowest BCUT2D eigenvalue weighted by molar-refractivity contribution is -0.117. The van der Waals surface area contributed by atoms with E-state index in [9.17, 15) is 13.2 Å². The topological polar surface area (TPSA) is 165 Å². The molecule has 0 radical (unpaired) electrons. The predicted octanol–water partition coefficient (Wildman–Crippen LogP) is 0.672. The molecule has 1 aromatic carbocycles. The van der Waals surface area contributed by atoms with Gasteiger partial charge in [0, 0.05) is 30.9 Å². The summed E-state index contributed by atoms with van der Waals surface area (Å²) >= 11 is 0. The molecule has 2 aromatic rings. The highest BCUT2D eigenvalue weighted by atomic mass is 32.2. The SMILES string of the molecule is N=C(N)CC(=O)CCc1cccc(-c2cnc(NCCS(N)(=O)=O)nc2)c1. The van der Waals surface area contributed by atoms with Gasteiger partial charge < -0.3 is 11.1 Å².